The fourth-order valence-electron chi connectivity index (χ4n) is 6.05. The number of nitrogens with zero attached hydrogens (tertiary/aromatic N) is 4. The number of amides is 1. The minimum atomic E-state index is -0.490. The number of hydrogen-bond donors (Lipinski definition) is 0. The number of hydrogen-bond acceptors (Lipinski definition) is 6. The summed E-state index contributed by atoms with van der Waals surface area (Å²) in [6, 6.07) is 22.8. The van der Waals surface area contributed by atoms with Gasteiger partial charge in [-0.15, -0.1) is 11.3 Å². The first-order valence-electron chi connectivity index (χ1n) is 16.3. The van der Waals surface area contributed by atoms with Gasteiger partial charge in [-0.1, -0.05) is 43.7 Å². The normalized spacial score (nSPS) is 14.2. The van der Waals surface area contributed by atoms with Crippen LogP contribution in [-0.4, -0.2) is 56.5 Å². The molecule has 9 heteroatoms. The topological polar surface area (TPSA) is 70.8 Å². The SMILES string of the molecule is CCCc1nc(-c2cc3sccc3n2C)n(CCOc2ccc(OC3CCN(C(=O)OC(C)(C)C)CC3)cc2)c1-c1ccccc1. The second kappa shape index (κ2) is 13.6. The lowest BCUT2D eigenvalue weighted by molar-refractivity contribution is 0.0126. The van der Waals surface area contributed by atoms with E-state index in [1.54, 1.807) is 16.2 Å². The van der Waals surface area contributed by atoms with E-state index in [2.05, 4.69) is 71.0 Å². The number of benzene rings is 2. The Morgan fingerprint density at radius 1 is 1.00 bits per heavy atom. The van der Waals surface area contributed by atoms with Gasteiger partial charge in [0.15, 0.2) is 5.82 Å². The molecule has 2 aromatic carbocycles. The molecule has 1 fully saturated rings. The summed E-state index contributed by atoms with van der Waals surface area (Å²) < 4.78 is 23.9. The number of rotatable bonds is 10. The van der Waals surface area contributed by atoms with Crippen molar-refractivity contribution in [2.75, 3.05) is 19.7 Å². The molecule has 0 bridgehead atoms. The average Bonchev–Trinajstić information content (AvgIpc) is 3.73. The second-order valence-corrected chi connectivity index (χ2v) is 13.8. The van der Waals surface area contributed by atoms with Crippen LogP contribution in [0.2, 0.25) is 0 Å². The number of aryl methyl sites for hydroxylation is 2. The summed E-state index contributed by atoms with van der Waals surface area (Å²) in [5.74, 6) is 2.57. The van der Waals surface area contributed by atoms with E-state index in [-0.39, 0.29) is 12.2 Å². The third-order valence-electron chi connectivity index (χ3n) is 8.27. The third-order valence-corrected chi connectivity index (χ3v) is 9.12. The highest BCUT2D eigenvalue weighted by atomic mass is 32.1. The van der Waals surface area contributed by atoms with Crippen molar-refractivity contribution in [1.82, 2.24) is 19.0 Å². The molecule has 46 heavy (non-hydrogen) atoms. The highest BCUT2D eigenvalue weighted by Crippen LogP contribution is 2.35. The van der Waals surface area contributed by atoms with Crippen LogP contribution >= 0.6 is 11.3 Å². The molecular weight excluding hydrogens is 596 g/mol. The molecule has 0 unspecified atom stereocenters. The first-order valence-corrected chi connectivity index (χ1v) is 17.1. The van der Waals surface area contributed by atoms with Crippen molar-refractivity contribution in [3.05, 3.63) is 77.8 Å². The zero-order valence-corrected chi connectivity index (χ0v) is 28.3. The van der Waals surface area contributed by atoms with E-state index in [0.29, 0.717) is 26.2 Å². The van der Waals surface area contributed by atoms with Gasteiger partial charge in [-0.3, -0.25) is 0 Å². The number of likely N-dealkylation sites (tertiary alicyclic amines) is 1. The third kappa shape index (κ3) is 7.09. The molecule has 0 radical (unpaired) electrons. The number of fused-ring (bicyclic) bond motifs is 1. The van der Waals surface area contributed by atoms with Crippen LogP contribution in [0.15, 0.2) is 72.1 Å². The average molecular weight is 641 g/mol. The van der Waals surface area contributed by atoms with E-state index in [0.717, 1.165) is 60.1 Å². The van der Waals surface area contributed by atoms with Crippen LogP contribution in [0.4, 0.5) is 4.79 Å². The number of piperidine rings is 1. The fraction of sp³-hybridized carbons (Fsp3) is 0.405. The van der Waals surface area contributed by atoms with E-state index < -0.39 is 5.60 Å². The van der Waals surface area contributed by atoms with Crippen molar-refractivity contribution >= 4 is 27.6 Å². The molecule has 1 aliphatic rings. The predicted octanol–water partition coefficient (Wildman–Crippen LogP) is 8.58. The summed E-state index contributed by atoms with van der Waals surface area (Å²) in [5, 5.41) is 2.14. The first kappa shape index (κ1) is 31.7. The molecule has 1 amide bonds. The smallest absolute Gasteiger partial charge is 0.410 e. The number of ether oxygens (including phenoxy) is 3. The largest absolute Gasteiger partial charge is 0.492 e. The van der Waals surface area contributed by atoms with Gasteiger partial charge in [-0.05, 0) is 69.0 Å². The number of aromatic nitrogens is 3. The first-order chi connectivity index (χ1) is 22.2. The van der Waals surface area contributed by atoms with Crippen molar-refractivity contribution in [3.8, 4) is 34.3 Å². The van der Waals surface area contributed by atoms with Gasteiger partial charge in [0.2, 0.25) is 0 Å². The molecular formula is C37H44N4O4S. The summed E-state index contributed by atoms with van der Waals surface area (Å²) in [5.41, 5.74) is 5.29. The maximum Gasteiger partial charge on any atom is 0.410 e. The van der Waals surface area contributed by atoms with Crippen molar-refractivity contribution in [3.63, 3.8) is 0 Å². The van der Waals surface area contributed by atoms with Crippen molar-refractivity contribution in [2.45, 2.75) is 71.6 Å². The molecule has 0 spiro atoms. The molecule has 0 N–H and O–H groups in total. The quantitative estimate of drug-likeness (QED) is 0.153. The summed E-state index contributed by atoms with van der Waals surface area (Å²) in [6.45, 7) is 10.3. The van der Waals surface area contributed by atoms with E-state index in [9.17, 15) is 4.79 Å². The summed E-state index contributed by atoms with van der Waals surface area (Å²) in [6.07, 6.45) is 3.28. The Morgan fingerprint density at radius 3 is 2.39 bits per heavy atom. The predicted molar refractivity (Wildman–Crippen MR) is 185 cm³/mol. The van der Waals surface area contributed by atoms with Crippen molar-refractivity contribution < 1.29 is 19.0 Å². The zero-order chi connectivity index (χ0) is 32.3. The molecule has 0 atom stereocenters. The molecule has 242 valence electrons. The highest BCUT2D eigenvalue weighted by molar-refractivity contribution is 7.17. The number of imidazole rings is 1. The van der Waals surface area contributed by atoms with E-state index in [1.165, 1.54) is 15.8 Å². The number of carbonyl (C=O) groups excluding carboxylic acids is 1. The Hall–Kier alpha value is -4.24. The van der Waals surface area contributed by atoms with Crippen LogP contribution in [0.25, 0.3) is 33.0 Å². The van der Waals surface area contributed by atoms with Crippen LogP contribution in [0.5, 0.6) is 11.5 Å². The van der Waals surface area contributed by atoms with Crippen molar-refractivity contribution in [1.29, 1.82) is 0 Å². The van der Waals surface area contributed by atoms with Crippen LogP contribution < -0.4 is 9.47 Å². The summed E-state index contributed by atoms with van der Waals surface area (Å²) >= 11 is 1.76. The molecule has 1 saturated heterocycles. The van der Waals surface area contributed by atoms with E-state index in [4.69, 9.17) is 19.2 Å². The Balaban J connectivity index is 1.13. The summed E-state index contributed by atoms with van der Waals surface area (Å²) in [7, 11) is 2.12. The minimum absolute atomic E-state index is 0.0617. The van der Waals surface area contributed by atoms with Gasteiger partial charge in [-0.25, -0.2) is 9.78 Å². The summed E-state index contributed by atoms with van der Waals surface area (Å²) in [4.78, 5) is 19.4. The molecule has 4 heterocycles. The van der Waals surface area contributed by atoms with Crippen LogP contribution in [0.3, 0.4) is 0 Å². The van der Waals surface area contributed by atoms with Gasteiger partial charge in [0.1, 0.15) is 29.8 Å². The lowest BCUT2D eigenvalue weighted by Gasteiger charge is -2.33. The molecule has 0 aliphatic carbocycles. The fourth-order valence-corrected chi connectivity index (χ4v) is 6.90. The van der Waals surface area contributed by atoms with Gasteiger partial charge in [0, 0.05) is 38.5 Å². The molecule has 3 aromatic heterocycles. The standard InChI is InChI=1S/C37H44N4O4S/c1-6-10-30-34(26-11-8-7-9-12-26)41(35(38-30)32-25-33-31(39(32)5)19-24-46-33)22-23-43-27-13-15-28(16-14-27)44-29-17-20-40(21-18-29)36(42)45-37(2,3)4/h7-9,11-16,19,24-25,29H,6,10,17-18,20-23H2,1-5H3. The van der Waals surface area contributed by atoms with Crippen molar-refractivity contribution in [2.24, 2.45) is 7.05 Å². The number of thiophene rings is 1. The molecule has 8 nitrogen and oxygen atoms in total. The monoisotopic (exact) mass is 640 g/mol. The van der Waals surface area contributed by atoms with Gasteiger partial charge in [0.05, 0.1) is 33.8 Å². The van der Waals surface area contributed by atoms with Crippen LogP contribution in [0.1, 0.15) is 52.7 Å². The second-order valence-electron chi connectivity index (χ2n) is 12.9. The van der Waals surface area contributed by atoms with Crippen LogP contribution in [0, 0.1) is 0 Å². The maximum atomic E-state index is 12.4. The van der Waals surface area contributed by atoms with Gasteiger partial charge in [-0.2, -0.15) is 0 Å². The molecule has 1 aliphatic heterocycles. The Kier molecular flexibility index (Phi) is 9.40. The van der Waals surface area contributed by atoms with Crippen LogP contribution in [-0.2, 0) is 24.8 Å². The van der Waals surface area contributed by atoms with Gasteiger partial charge < -0.3 is 28.2 Å². The Morgan fingerprint density at radius 2 is 1.72 bits per heavy atom. The van der Waals surface area contributed by atoms with Gasteiger partial charge in [0.25, 0.3) is 0 Å². The zero-order valence-electron chi connectivity index (χ0n) is 27.5. The van der Waals surface area contributed by atoms with E-state index in [1.807, 2.05) is 45.0 Å². The van der Waals surface area contributed by atoms with Gasteiger partial charge >= 0.3 is 6.09 Å². The Labute approximate surface area is 275 Å². The highest BCUT2D eigenvalue weighted by Gasteiger charge is 2.28. The lowest BCUT2D eigenvalue weighted by atomic mass is 10.1. The number of carbonyl (C=O) groups is 1. The molecule has 0 saturated carbocycles. The Bertz CT molecular complexity index is 1760. The lowest BCUT2D eigenvalue weighted by Crippen LogP contribution is -2.44. The van der Waals surface area contributed by atoms with E-state index >= 15 is 0 Å². The minimum Gasteiger partial charge on any atom is -0.492 e. The molecule has 6 rings (SSSR count). The molecule has 5 aromatic rings. The maximum absolute atomic E-state index is 12.4.